The van der Waals surface area contributed by atoms with Gasteiger partial charge in [-0.3, -0.25) is 0 Å². The van der Waals surface area contributed by atoms with Gasteiger partial charge in [-0.05, 0) is 33.6 Å². The number of carbonyl (C=O) groups excluding carboxylic acids is 1. The second-order valence-corrected chi connectivity index (χ2v) is 3.89. The molecule has 0 spiro atoms. The first kappa shape index (κ1) is 17.3. The number of ether oxygens (including phenoxy) is 1. The smallest absolute Gasteiger partial charge is 0.548 e. The summed E-state index contributed by atoms with van der Waals surface area (Å²) < 4.78 is 39.7. The molecule has 0 saturated carbocycles. The topological polar surface area (TPSA) is 75.4 Å². The van der Waals surface area contributed by atoms with E-state index in [4.69, 9.17) is 5.73 Å². The van der Waals surface area contributed by atoms with Gasteiger partial charge in [-0.25, -0.2) is 0 Å². The average molecular weight is 320 g/mol. The Morgan fingerprint density at radius 1 is 1.44 bits per heavy atom. The van der Waals surface area contributed by atoms with Gasteiger partial charge in [0.15, 0.2) is 0 Å². The van der Waals surface area contributed by atoms with E-state index in [1.807, 2.05) is 0 Å². The summed E-state index contributed by atoms with van der Waals surface area (Å²) in [6, 6.07) is 1.84. The van der Waals surface area contributed by atoms with Crippen molar-refractivity contribution in [2.45, 2.75) is 12.4 Å². The van der Waals surface area contributed by atoms with E-state index < -0.39 is 24.1 Å². The molecule has 0 bridgehead atoms. The molecule has 1 aromatic rings. The molecule has 0 aliphatic carbocycles. The molecule has 0 heterocycles. The molecule has 0 fully saturated rings. The van der Waals surface area contributed by atoms with Gasteiger partial charge >= 0.3 is 25.2 Å². The normalized spacial score (nSPS) is 12.5. The van der Waals surface area contributed by atoms with Crippen LogP contribution in [0.4, 0.5) is 13.2 Å². The molecule has 0 amide bonds. The van der Waals surface area contributed by atoms with Gasteiger partial charge in [0.1, 0.15) is 5.75 Å². The van der Waals surface area contributed by atoms with Crippen LogP contribution in [0.25, 0.3) is 0 Å². The largest absolute Gasteiger partial charge is 1.00 e. The Morgan fingerprint density at radius 2 is 2.00 bits per heavy atom. The van der Waals surface area contributed by atoms with Gasteiger partial charge in [-0.1, -0.05) is 6.07 Å². The number of aliphatic carboxylic acids is 1. The minimum Gasteiger partial charge on any atom is -0.548 e. The molecule has 1 atom stereocenters. The van der Waals surface area contributed by atoms with Crippen molar-refractivity contribution in [3.05, 3.63) is 28.2 Å². The Balaban J connectivity index is 0.00000289. The van der Waals surface area contributed by atoms with Crippen molar-refractivity contribution >= 4 is 21.9 Å². The fourth-order valence-corrected chi connectivity index (χ4v) is 1.38. The van der Waals surface area contributed by atoms with Gasteiger partial charge in [0.25, 0.3) is 0 Å². The van der Waals surface area contributed by atoms with Crippen molar-refractivity contribution in [1.29, 1.82) is 0 Å². The van der Waals surface area contributed by atoms with Crippen LogP contribution in [-0.4, -0.2) is 12.3 Å². The maximum atomic E-state index is 12.0. The SMILES string of the molecule is NC(C(=O)[O-])c1ccc(Br)c(OC(F)(F)F)c1.[Li+]. The third kappa shape index (κ3) is 4.90. The second kappa shape index (κ2) is 6.47. The summed E-state index contributed by atoms with van der Waals surface area (Å²) in [6.07, 6.45) is -4.87. The third-order valence-corrected chi connectivity index (χ3v) is 2.45. The predicted octanol–water partition coefficient (Wildman–Crippen LogP) is -1.90. The Bertz CT molecular complexity index is 442. The molecule has 1 aromatic carbocycles. The van der Waals surface area contributed by atoms with Crippen molar-refractivity contribution in [3.63, 3.8) is 0 Å². The van der Waals surface area contributed by atoms with Crippen LogP contribution in [0.5, 0.6) is 5.75 Å². The number of benzene rings is 1. The van der Waals surface area contributed by atoms with E-state index in [-0.39, 0.29) is 28.9 Å². The summed E-state index contributed by atoms with van der Waals surface area (Å²) in [7, 11) is 0. The minimum atomic E-state index is -4.87. The Kier molecular flexibility index (Phi) is 6.23. The van der Waals surface area contributed by atoms with E-state index >= 15 is 0 Å². The standard InChI is InChI=1S/C9H7BrF3NO3.Li/c10-5-2-1-4(7(14)8(15)16)3-6(5)17-9(11,12)13;/h1-3,7H,14H2,(H,15,16);/q;+1/p-1. The van der Waals surface area contributed by atoms with E-state index in [1.165, 1.54) is 12.1 Å². The van der Waals surface area contributed by atoms with Crippen LogP contribution >= 0.6 is 15.9 Å². The molecule has 4 nitrogen and oxygen atoms in total. The molecule has 2 N–H and O–H groups in total. The molecule has 0 saturated heterocycles. The van der Waals surface area contributed by atoms with E-state index in [1.54, 1.807) is 0 Å². The van der Waals surface area contributed by atoms with Crippen LogP contribution in [0, 0.1) is 0 Å². The number of rotatable bonds is 3. The number of carboxylic acid groups (broad SMARTS) is 1. The summed E-state index contributed by atoms with van der Waals surface area (Å²) in [6.45, 7) is 0. The van der Waals surface area contributed by atoms with E-state index in [0.29, 0.717) is 0 Å². The Morgan fingerprint density at radius 3 is 2.44 bits per heavy atom. The van der Waals surface area contributed by atoms with Gasteiger partial charge in [-0.15, -0.1) is 13.2 Å². The van der Waals surface area contributed by atoms with Crippen LogP contribution < -0.4 is 34.4 Å². The van der Waals surface area contributed by atoms with E-state index in [0.717, 1.165) is 6.07 Å². The van der Waals surface area contributed by atoms with Crippen LogP contribution in [-0.2, 0) is 4.79 Å². The summed E-state index contributed by atoms with van der Waals surface area (Å²) in [4.78, 5) is 10.5. The van der Waals surface area contributed by atoms with Crippen molar-refractivity contribution in [2.24, 2.45) is 5.73 Å². The first-order valence-corrected chi connectivity index (χ1v) is 5.01. The fraction of sp³-hybridized carbons (Fsp3) is 0.222. The summed E-state index contributed by atoms with van der Waals surface area (Å²) in [5.41, 5.74) is 5.16. The van der Waals surface area contributed by atoms with Crippen molar-refractivity contribution in [3.8, 4) is 5.75 Å². The number of carboxylic acids is 1. The molecular weight excluding hydrogens is 314 g/mol. The van der Waals surface area contributed by atoms with Crippen LogP contribution in [0.15, 0.2) is 22.7 Å². The van der Waals surface area contributed by atoms with Crippen molar-refractivity contribution in [1.82, 2.24) is 0 Å². The van der Waals surface area contributed by atoms with E-state index in [9.17, 15) is 23.1 Å². The van der Waals surface area contributed by atoms with Crippen molar-refractivity contribution in [2.75, 3.05) is 0 Å². The molecule has 1 unspecified atom stereocenters. The second-order valence-electron chi connectivity index (χ2n) is 3.03. The molecule has 0 aliphatic heterocycles. The molecule has 1 rings (SSSR count). The Hall–Kier alpha value is -0.683. The maximum absolute atomic E-state index is 12.0. The van der Waals surface area contributed by atoms with Gasteiger partial charge in [0, 0.05) is 0 Å². The fourth-order valence-electron chi connectivity index (χ4n) is 1.05. The molecule has 94 valence electrons. The zero-order chi connectivity index (χ0) is 13.2. The molecule has 9 heteroatoms. The maximum Gasteiger partial charge on any atom is 1.00 e. The number of hydrogen-bond acceptors (Lipinski definition) is 4. The van der Waals surface area contributed by atoms with Gasteiger partial charge in [0.05, 0.1) is 16.5 Å². The average Bonchev–Trinajstić information content (AvgIpc) is 2.18. The number of halogens is 4. The van der Waals surface area contributed by atoms with Gasteiger partial charge in [0.2, 0.25) is 0 Å². The van der Waals surface area contributed by atoms with Gasteiger partial charge < -0.3 is 20.4 Å². The summed E-state index contributed by atoms with van der Waals surface area (Å²) in [5.74, 6) is -2.16. The molecule has 0 radical (unpaired) electrons. The van der Waals surface area contributed by atoms with E-state index in [2.05, 4.69) is 20.7 Å². The third-order valence-electron chi connectivity index (χ3n) is 1.79. The van der Waals surface area contributed by atoms with Crippen LogP contribution in [0.2, 0.25) is 0 Å². The van der Waals surface area contributed by atoms with Gasteiger partial charge in [-0.2, -0.15) is 0 Å². The minimum absolute atomic E-state index is 0. The quantitative estimate of drug-likeness (QED) is 0.661. The number of hydrogen-bond donors (Lipinski definition) is 1. The molecular formula is C9H6BrF3LiNO3. The molecule has 0 aliphatic rings. The molecule has 0 aromatic heterocycles. The first-order valence-electron chi connectivity index (χ1n) is 4.22. The number of nitrogens with two attached hydrogens (primary N) is 1. The predicted molar refractivity (Wildman–Crippen MR) is 52.8 cm³/mol. The van der Waals surface area contributed by atoms with Crippen molar-refractivity contribution < 1.29 is 46.7 Å². The Labute approximate surface area is 121 Å². The first-order chi connectivity index (χ1) is 7.70. The zero-order valence-electron chi connectivity index (χ0n) is 9.12. The van der Waals surface area contributed by atoms with Crippen LogP contribution in [0.3, 0.4) is 0 Å². The molecule has 18 heavy (non-hydrogen) atoms. The zero-order valence-corrected chi connectivity index (χ0v) is 10.7. The number of alkyl halides is 3. The number of carbonyl (C=O) groups is 1. The monoisotopic (exact) mass is 319 g/mol. The summed E-state index contributed by atoms with van der Waals surface area (Å²) >= 11 is 2.84. The van der Waals surface area contributed by atoms with Crippen LogP contribution in [0.1, 0.15) is 11.6 Å². The summed E-state index contributed by atoms with van der Waals surface area (Å²) in [5, 5.41) is 10.5.